The molecule has 28 heavy (non-hydrogen) atoms. The van der Waals surface area contributed by atoms with Crippen molar-refractivity contribution in [3.05, 3.63) is 70.3 Å². The molecule has 0 bridgehead atoms. The molecule has 2 rings (SSSR count). The summed E-state index contributed by atoms with van der Waals surface area (Å²) in [6.45, 7) is 1.13. The Balaban J connectivity index is 2.35. The second kappa shape index (κ2) is 7.53. The largest absolute Gasteiger partial charge is 0.454 e. The molecule has 0 heterocycles. The number of benzene rings is 2. The lowest BCUT2D eigenvalue weighted by atomic mass is 10.0. The van der Waals surface area contributed by atoms with Gasteiger partial charge in [-0.05, 0) is 48.9 Å². The number of carbonyl (C=O) groups is 2. The lowest BCUT2D eigenvalue weighted by Crippen LogP contribution is -2.15. The fraction of sp³-hybridized carbons (Fsp3) is 0.222. The van der Waals surface area contributed by atoms with Gasteiger partial charge in [-0.25, -0.2) is 4.79 Å². The van der Waals surface area contributed by atoms with E-state index in [1.165, 1.54) is 18.2 Å². The van der Waals surface area contributed by atoms with Crippen LogP contribution >= 0.6 is 0 Å². The first-order chi connectivity index (χ1) is 12.8. The highest BCUT2D eigenvalue weighted by molar-refractivity contribution is 5.97. The molecule has 1 unspecified atom stereocenters. The van der Waals surface area contributed by atoms with Crippen molar-refractivity contribution >= 4 is 11.9 Å². The summed E-state index contributed by atoms with van der Waals surface area (Å²) in [4.78, 5) is 23.3. The van der Waals surface area contributed by atoms with Crippen molar-refractivity contribution in [2.45, 2.75) is 25.4 Å². The maximum absolute atomic E-state index is 12.9. The van der Waals surface area contributed by atoms with Crippen LogP contribution in [0.25, 0.3) is 0 Å². The lowest BCUT2D eigenvalue weighted by molar-refractivity contribution is -0.143. The highest BCUT2D eigenvalue weighted by Crippen LogP contribution is 2.38. The van der Waals surface area contributed by atoms with Crippen LogP contribution in [-0.2, 0) is 17.1 Å². The average Bonchev–Trinajstić information content (AvgIpc) is 2.59. The van der Waals surface area contributed by atoms with Gasteiger partial charge in [0, 0.05) is 5.56 Å². The van der Waals surface area contributed by atoms with Gasteiger partial charge in [0.25, 0.3) is 0 Å². The number of carbonyl (C=O) groups excluding carboxylic acids is 2. The minimum Gasteiger partial charge on any atom is -0.454 e. The molecule has 0 aliphatic carbocycles. The first-order valence-electron chi connectivity index (χ1n) is 7.69. The maximum Gasteiger partial charge on any atom is 0.416 e. The summed E-state index contributed by atoms with van der Waals surface area (Å²) in [6, 6.07) is 5.95. The average molecular weight is 405 g/mol. The zero-order valence-electron chi connectivity index (χ0n) is 14.2. The van der Waals surface area contributed by atoms with Gasteiger partial charge in [-0.1, -0.05) is 6.07 Å². The summed E-state index contributed by atoms with van der Waals surface area (Å²) in [5, 5.41) is 0. The van der Waals surface area contributed by atoms with Gasteiger partial charge in [0.1, 0.15) is 6.10 Å². The third-order valence-electron chi connectivity index (χ3n) is 3.75. The SMILES string of the molecule is CC(OC(=O)c1cccc(C(N)=O)c1)c1cc(C(F)(F)F)cc(C(F)(F)F)c1. The normalized spacial score (nSPS) is 13.1. The predicted molar refractivity (Wildman–Crippen MR) is 85.2 cm³/mol. The van der Waals surface area contributed by atoms with Crippen molar-refractivity contribution in [2.24, 2.45) is 5.73 Å². The van der Waals surface area contributed by atoms with E-state index in [1.807, 2.05) is 0 Å². The standard InChI is InChI=1S/C18H13F6NO3/c1-9(28-16(27)11-4-2-3-10(5-11)15(25)26)12-6-13(17(19,20)21)8-14(7-12)18(22,23)24/h2-9H,1H3,(H2,25,26). The summed E-state index contributed by atoms with van der Waals surface area (Å²) in [5.41, 5.74) is 1.42. The zero-order valence-corrected chi connectivity index (χ0v) is 14.2. The van der Waals surface area contributed by atoms with Crippen LogP contribution in [0.4, 0.5) is 26.3 Å². The van der Waals surface area contributed by atoms with Gasteiger partial charge in [0.15, 0.2) is 0 Å². The summed E-state index contributed by atoms with van der Waals surface area (Å²) >= 11 is 0. The summed E-state index contributed by atoms with van der Waals surface area (Å²) in [7, 11) is 0. The molecule has 0 aliphatic heterocycles. The Morgan fingerprint density at radius 2 is 1.39 bits per heavy atom. The molecule has 1 atom stereocenters. The summed E-state index contributed by atoms with van der Waals surface area (Å²) in [6.07, 6.45) is -11.5. The summed E-state index contributed by atoms with van der Waals surface area (Å²) < 4.78 is 82.5. The van der Waals surface area contributed by atoms with Crippen LogP contribution in [0.2, 0.25) is 0 Å². The van der Waals surface area contributed by atoms with Gasteiger partial charge in [-0.3, -0.25) is 4.79 Å². The number of hydrogen-bond acceptors (Lipinski definition) is 3. The number of esters is 1. The topological polar surface area (TPSA) is 69.4 Å². The number of hydrogen-bond donors (Lipinski definition) is 1. The van der Waals surface area contributed by atoms with Crippen LogP contribution in [0.15, 0.2) is 42.5 Å². The van der Waals surface area contributed by atoms with Crippen molar-refractivity contribution in [1.82, 2.24) is 0 Å². The molecule has 0 radical (unpaired) electrons. The van der Waals surface area contributed by atoms with Gasteiger partial charge < -0.3 is 10.5 Å². The van der Waals surface area contributed by atoms with Crippen LogP contribution < -0.4 is 5.73 Å². The third-order valence-corrected chi connectivity index (χ3v) is 3.75. The number of alkyl halides is 6. The van der Waals surface area contributed by atoms with E-state index in [1.54, 1.807) is 0 Å². The molecule has 4 nitrogen and oxygen atoms in total. The van der Waals surface area contributed by atoms with Gasteiger partial charge in [-0.2, -0.15) is 26.3 Å². The molecule has 0 saturated heterocycles. The number of rotatable bonds is 4. The van der Waals surface area contributed by atoms with E-state index in [-0.39, 0.29) is 17.2 Å². The molecular weight excluding hydrogens is 392 g/mol. The predicted octanol–water partition coefficient (Wildman–Crippen LogP) is 4.74. The van der Waals surface area contributed by atoms with E-state index in [4.69, 9.17) is 10.5 Å². The third kappa shape index (κ3) is 5.02. The van der Waals surface area contributed by atoms with Gasteiger partial charge >= 0.3 is 18.3 Å². The van der Waals surface area contributed by atoms with E-state index in [9.17, 15) is 35.9 Å². The van der Waals surface area contributed by atoms with Crippen molar-refractivity contribution < 1.29 is 40.7 Å². The van der Waals surface area contributed by atoms with Crippen LogP contribution in [0.1, 0.15) is 50.4 Å². The van der Waals surface area contributed by atoms with E-state index >= 15 is 0 Å². The Hall–Kier alpha value is -3.04. The fourth-order valence-electron chi connectivity index (χ4n) is 2.31. The molecule has 1 amide bonds. The molecule has 0 fully saturated rings. The Labute approximate surface area is 154 Å². The van der Waals surface area contributed by atoms with Crippen molar-refractivity contribution in [3.8, 4) is 0 Å². The minimum atomic E-state index is -5.02. The van der Waals surface area contributed by atoms with Gasteiger partial charge in [0.05, 0.1) is 16.7 Å². The Bertz CT molecular complexity index is 873. The molecule has 2 N–H and O–H groups in total. The summed E-state index contributed by atoms with van der Waals surface area (Å²) in [5.74, 6) is -1.86. The molecule has 0 saturated carbocycles. The van der Waals surface area contributed by atoms with Crippen LogP contribution in [0.5, 0.6) is 0 Å². The fourth-order valence-corrected chi connectivity index (χ4v) is 2.31. The number of halogens is 6. The molecule has 2 aromatic rings. The highest BCUT2D eigenvalue weighted by atomic mass is 19.4. The quantitative estimate of drug-likeness (QED) is 0.590. The number of nitrogens with two attached hydrogens (primary N) is 1. The maximum atomic E-state index is 12.9. The smallest absolute Gasteiger partial charge is 0.416 e. The van der Waals surface area contributed by atoms with Gasteiger partial charge in [0.2, 0.25) is 5.91 Å². The molecule has 0 aromatic heterocycles. The van der Waals surface area contributed by atoms with Crippen LogP contribution in [0, 0.1) is 0 Å². The first kappa shape index (κ1) is 21.3. The molecular formula is C18H13F6NO3. The number of amides is 1. The second-order valence-electron chi connectivity index (χ2n) is 5.83. The van der Waals surface area contributed by atoms with E-state index in [0.717, 1.165) is 13.0 Å². The highest BCUT2D eigenvalue weighted by Gasteiger charge is 2.37. The van der Waals surface area contributed by atoms with E-state index < -0.39 is 47.0 Å². The van der Waals surface area contributed by atoms with Crippen LogP contribution in [-0.4, -0.2) is 11.9 Å². The molecule has 150 valence electrons. The molecule has 10 heteroatoms. The zero-order chi connectivity index (χ0) is 21.3. The Morgan fingerprint density at radius 3 is 1.86 bits per heavy atom. The second-order valence-corrected chi connectivity index (χ2v) is 5.83. The van der Waals surface area contributed by atoms with Crippen LogP contribution in [0.3, 0.4) is 0 Å². The van der Waals surface area contributed by atoms with Crippen molar-refractivity contribution in [3.63, 3.8) is 0 Å². The van der Waals surface area contributed by atoms with Crippen molar-refractivity contribution in [1.29, 1.82) is 0 Å². The molecule has 0 spiro atoms. The number of primary amides is 1. The molecule has 0 aliphatic rings. The lowest BCUT2D eigenvalue weighted by Gasteiger charge is -2.18. The monoisotopic (exact) mass is 405 g/mol. The van der Waals surface area contributed by atoms with Crippen molar-refractivity contribution in [2.75, 3.05) is 0 Å². The van der Waals surface area contributed by atoms with E-state index in [2.05, 4.69) is 0 Å². The molecule has 2 aromatic carbocycles. The number of ether oxygens (including phenoxy) is 1. The van der Waals surface area contributed by atoms with E-state index in [0.29, 0.717) is 12.1 Å². The minimum absolute atomic E-state index is 0.0134. The Kier molecular flexibility index (Phi) is 5.72. The first-order valence-corrected chi connectivity index (χ1v) is 7.69. The van der Waals surface area contributed by atoms with Gasteiger partial charge in [-0.15, -0.1) is 0 Å². The Morgan fingerprint density at radius 1 is 0.893 bits per heavy atom.